The molecule has 0 aliphatic carbocycles. The molecule has 4 rings (SSSR count). The third-order valence-electron chi connectivity index (χ3n) is 3.64. The lowest BCUT2D eigenvalue weighted by Gasteiger charge is -2.00. The Balaban J connectivity index is 1.33. The van der Waals surface area contributed by atoms with E-state index in [9.17, 15) is 0 Å². The van der Waals surface area contributed by atoms with Crippen LogP contribution in [-0.4, -0.2) is 20.4 Å². The van der Waals surface area contributed by atoms with Crippen molar-refractivity contribution in [1.82, 2.24) is 20.4 Å². The molecular formula is C18H14Cl2N6O2. The van der Waals surface area contributed by atoms with E-state index in [0.717, 1.165) is 11.4 Å². The fraction of sp³-hybridized carbons (Fsp3) is 0.111. The van der Waals surface area contributed by atoms with Gasteiger partial charge in [0, 0.05) is 34.3 Å². The summed E-state index contributed by atoms with van der Waals surface area (Å²) < 4.78 is 11.1. The summed E-state index contributed by atoms with van der Waals surface area (Å²) in [5, 5.41) is 23.2. The maximum absolute atomic E-state index is 5.95. The molecule has 0 saturated heterocycles. The highest BCUT2D eigenvalue weighted by Gasteiger charge is 2.11. The number of hydrogen-bond acceptors (Lipinski definition) is 8. The Hall–Kier alpha value is -3.10. The highest BCUT2D eigenvalue weighted by molar-refractivity contribution is 6.31. The molecule has 2 heterocycles. The minimum atomic E-state index is 0.283. The van der Waals surface area contributed by atoms with E-state index in [2.05, 4.69) is 31.0 Å². The van der Waals surface area contributed by atoms with E-state index in [1.807, 2.05) is 24.3 Å². The van der Waals surface area contributed by atoms with Crippen molar-refractivity contribution in [2.24, 2.45) is 0 Å². The summed E-state index contributed by atoms with van der Waals surface area (Å²) in [6.07, 6.45) is 0.923. The summed E-state index contributed by atoms with van der Waals surface area (Å²) in [5.74, 6) is 0.902. The van der Waals surface area contributed by atoms with Crippen molar-refractivity contribution in [2.45, 2.75) is 12.8 Å². The number of anilines is 4. The predicted octanol–water partition coefficient (Wildman–Crippen LogP) is 5.03. The number of nitrogens with one attached hydrogen (secondary N) is 2. The Morgan fingerprint density at radius 1 is 0.679 bits per heavy atom. The van der Waals surface area contributed by atoms with Gasteiger partial charge in [-0.25, -0.2) is 0 Å². The smallest absolute Gasteiger partial charge is 0.320 e. The zero-order chi connectivity index (χ0) is 19.3. The molecule has 2 N–H and O–H groups in total. The minimum absolute atomic E-state index is 0.283. The highest BCUT2D eigenvalue weighted by atomic mass is 35.5. The Morgan fingerprint density at radius 2 is 1.14 bits per heavy atom. The third-order valence-corrected chi connectivity index (χ3v) is 4.11. The Morgan fingerprint density at radius 3 is 1.57 bits per heavy atom. The van der Waals surface area contributed by atoms with Gasteiger partial charge >= 0.3 is 12.0 Å². The van der Waals surface area contributed by atoms with E-state index in [1.54, 1.807) is 24.3 Å². The molecule has 10 heteroatoms. The largest absolute Gasteiger partial charge is 0.408 e. The van der Waals surface area contributed by atoms with Crippen molar-refractivity contribution >= 4 is 46.6 Å². The topological polar surface area (TPSA) is 102 Å². The van der Waals surface area contributed by atoms with E-state index in [0.29, 0.717) is 34.7 Å². The van der Waals surface area contributed by atoms with Gasteiger partial charge in [0.1, 0.15) is 0 Å². The molecule has 0 aliphatic heterocycles. The van der Waals surface area contributed by atoms with Gasteiger partial charge < -0.3 is 19.5 Å². The lowest BCUT2D eigenvalue weighted by molar-refractivity contribution is 0.470. The second kappa shape index (κ2) is 8.28. The molecule has 0 unspecified atom stereocenters. The van der Waals surface area contributed by atoms with E-state index < -0.39 is 0 Å². The minimum Gasteiger partial charge on any atom is -0.408 e. The molecule has 0 bridgehead atoms. The van der Waals surface area contributed by atoms with Crippen LogP contribution in [0.15, 0.2) is 57.4 Å². The van der Waals surface area contributed by atoms with Crippen molar-refractivity contribution < 1.29 is 8.83 Å². The summed E-state index contributed by atoms with van der Waals surface area (Å²) in [7, 11) is 0. The summed E-state index contributed by atoms with van der Waals surface area (Å²) in [5.41, 5.74) is 1.52. The lowest BCUT2D eigenvalue weighted by Crippen LogP contribution is -1.92. The molecule has 4 aromatic rings. The number of halogens is 2. The first kappa shape index (κ1) is 18.3. The molecule has 142 valence electrons. The van der Waals surface area contributed by atoms with Gasteiger partial charge in [-0.3, -0.25) is 0 Å². The SMILES string of the molecule is Clc1cccc(Nc2nnc(CCc3nnc(Nc4cccc(Cl)c4)o3)o2)c1. The van der Waals surface area contributed by atoms with Gasteiger partial charge in [-0.05, 0) is 36.4 Å². The molecule has 2 aromatic heterocycles. The van der Waals surface area contributed by atoms with E-state index in [1.165, 1.54) is 0 Å². The number of nitrogens with zero attached hydrogens (tertiary/aromatic N) is 4. The van der Waals surface area contributed by atoms with Crippen molar-refractivity contribution in [1.29, 1.82) is 0 Å². The van der Waals surface area contributed by atoms with E-state index in [4.69, 9.17) is 32.0 Å². The zero-order valence-corrected chi connectivity index (χ0v) is 15.9. The Bertz CT molecular complexity index is 995. The van der Waals surface area contributed by atoms with Gasteiger partial charge in [-0.15, -0.1) is 10.2 Å². The zero-order valence-electron chi connectivity index (χ0n) is 14.4. The van der Waals surface area contributed by atoms with Crippen molar-refractivity contribution in [3.05, 3.63) is 70.4 Å². The van der Waals surface area contributed by atoms with Gasteiger partial charge in [0.05, 0.1) is 0 Å². The monoisotopic (exact) mass is 416 g/mol. The molecule has 28 heavy (non-hydrogen) atoms. The summed E-state index contributed by atoms with van der Waals surface area (Å²) in [6.45, 7) is 0. The average Bonchev–Trinajstić information content (AvgIpc) is 3.29. The van der Waals surface area contributed by atoms with Gasteiger partial charge in [-0.2, -0.15) is 0 Å². The molecule has 0 amide bonds. The van der Waals surface area contributed by atoms with Crippen LogP contribution in [0.5, 0.6) is 0 Å². The molecule has 2 aromatic carbocycles. The van der Waals surface area contributed by atoms with Crippen LogP contribution < -0.4 is 10.6 Å². The maximum atomic E-state index is 5.95. The normalized spacial score (nSPS) is 10.8. The summed E-state index contributed by atoms with van der Waals surface area (Å²) in [6, 6.07) is 15.0. The lowest BCUT2D eigenvalue weighted by atomic mass is 10.3. The van der Waals surface area contributed by atoms with Gasteiger partial charge in [-0.1, -0.05) is 45.5 Å². The van der Waals surface area contributed by atoms with Crippen LogP contribution in [0.4, 0.5) is 23.4 Å². The fourth-order valence-corrected chi connectivity index (χ4v) is 2.78. The number of hydrogen-bond donors (Lipinski definition) is 2. The van der Waals surface area contributed by atoms with Crippen LogP contribution in [0.25, 0.3) is 0 Å². The fourth-order valence-electron chi connectivity index (χ4n) is 2.40. The van der Waals surface area contributed by atoms with Gasteiger partial charge in [0.15, 0.2) is 0 Å². The quantitative estimate of drug-likeness (QED) is 0.432. The number of aryl methyl sites for hydroxylation is 2. The first-order valence-electron chi connectivity index (χ1n) is 8.34. The van der Waals surface area contributed by atoms with Gasteiger partial charge in [0.2, 0.25) is 11.8 Å². The van der Waals surface area contributed by atoms with E-state index >= 15 is 0 Å². The van der Waals surface area contributed by atoms with Crippen LogP contribution in [0.2, 0.25) is 10.0 Å². The third kappa shape index (κ3) is 4.79. The van der Waals surface area contributed by atoms with Crippen LogP contribution in [-0.2, 0) is 12.8 Å². The second-order valence-electron chi connectivity index (χ2n) is 5.77. The van der Waals surface area contributed by atoms with E-state index in [-0.39, 0.29) is 12.0 Å². The number of aromatic nitrogens is 4. The van der Waals surface area contributed by atoms with Crippen LogP contribution in [0, 0.1) is 0 Å². The standard InChI is InChI=1S/C18H14Cl2N6O2/c19-11-3-1-5-13(9-11)21-17-25-23-15(27-17)7-8-16-24-26-18(28-16)22-14-6-2-4-12(20)10-14/h1-6,9-10H,7-8H2,(H,21,25)(H,22,26). The highest BCUT2D eigenvalue weighted by Crippen LogP contribution is 2.21. The summed E-state index contributed by atoms with van der Waals surface area (Å²) >= 11 is 11.9. The predicted molar refractivity (Wildman–Crippen MR) is 105 cm³/mol. The number of rotatable bonds is 7. The Labute approximate surface area is 169 Å². The summed E-state index contributed by atoms with van der Waals surface area (Å²) in [4.78, 5) is 0. The average molecular weight is 417 g/mol. The second-order valence-corrected chi connectivity index (χ2v) is 6.65. The molecule has 0 fully saturated rings. The number of benzene rings is 2. The molecular weight excluding hydrogens is 403 g/mol. The molecule has 0 atom stereocenters. The van der Waals surface area contributed by atoms with Crippen LogP contribution in [0.1, 0.15) is 11.8 Å². The van der Waals surface area contributed by atoms with Crippen LogP contribution >= 0.6 is 23.2 Å². The first-order chi connectivity index (χ1) is 13.6. The Kier molecular flexibility index (Phi) is 5.41. The molecule has 0 radical (unpaired) electrons. The molecule has 0 saturated carbocycles. The molecule has 0 aliphatic rings. The first-order valence-corrected chi connectivity index (χ1v) is 9.09. The van der Waals surface area contributed by atoms with Crippen LogP contribution in [0.3, 0.4) is 0 Å². The maximum Gasteiger partial charge on any atom is 0.320 e. The molecule has 8 nitrogen and oxygen atoms in total. The van der Waals surface area contributed by atoms with Gasteiger partial charge in [0.25, 0.3) is 0 Å². The molecule has 0 spiro atoms. The van der Waals surface area contributed by atoms with Crippen molar-refractivity contribution in [3.8, 4) is 0 Å². The van der Waals surface area contributed by atoms with Crippen molar-refractivity contribution in [3.63, 3.8) is 0 Å². The van der Waals surface area contributed by atoms with Crippen molar-refractivity contribution in [2.75, 3.05) is 10.6 Å².